The molecule has 2 aliphatic rings. The van der Waals surface area contributed by atoms with Gasteiger partial charge in [0.15, 0.2) is 0 Å². The van der Waals surface area contributed by atoms with E-state index in [2.05, 4.69) is 14.7 Å². The molecule has 2 fully saturated rings. The number of esters is 1. The Morgan fingerprint density at radius 1 is 1.00 bits per heavy atom. The SMILES string of the molecule is C.COC(=O)c1ccc(OC2CC2)nc1.OCc1ccc(OC2CC2)nc1. The standard InChI is InChI=1S/C10H11NO3.C9H11NO2.CH4/c1-13-10(12)7-2-5-9(11-6-7)14-8-3-4-8;11-6-7-1-4-9(10-5-7)12-8-2-3-8;/h2,5-6,8H,3-4H2,1H3;1,4-5,8,11H,2-3,6H2;1H4. The predicted molar refractivity (Wildman–Crippen MR) is 99.8 cm³/mol. The molecular formula is C20H26N2O5. The lowest BCUT2D eigenvalue weighted by molar-refractivity contribution is 0.0600. The Bertz CT molecular complexity index is 710. The van der Waals surface area contributed by atoms with Crippen LogP contribution in [0.4, 0.5) is 0 Å². The first kappa shape index (κ1) is 20.6. The molecule has 1 N–H and O–H groups in total. The molecule has 0 unspecified atom stereocenters. The van der Waals surface area contributed by atoms with Gasteiger partial charge < -0.3 is 19.3 Å². The Hall–Kier alpha value is -2.67. The molecule has 0 saturated heterocycles. The lowest BCUT2D eigenvalue weighted by Crippen LogP contribution is -2.03. The van der Waals surface area contributed by atoms with Crippen molar-refractivity contribution in [1.29, 1.82) is 0 Å². The summed E-state index contributed by atoms with van der Waals surface area (Å²) in [6, 6.07) is 6.95. The molecule has 7 heteroatoms. The van der Waals surface area contributed by atoms with Crippen LogP contribution in [0, 0.1) is 0 Å². The van der Waals surface area contributed by atoms with Gasteiger partial charge in [-0.25, -0.2) is 14.8 Å². The maximum Gasteiger partial charge on any atom is 0.339 e. The van der Waals surface area contributed by atoms with Crippen LogP contribution in [0.15, 0.2) is 36.7 Å². The van der Waals surface area contributed by atoms with Crippen molar-refractivity contribution in [2.45, 2.75) is 51.9 Å². The summed E-state index contributed by atoms with van der Waals surface area (Å²) < 4.78 is 15.4. The molecule has 0 aromatic carbocycles. The van der Waals surface area contributed by atoms with Crippen LogP contribution < -0.4 is 9.47 Å². The molecule has 2 aromatic rings. The lowest BCUT2D eigenvalue weighted by atomic mass is 10.3. The maximum atomic E-state index is 11.1. The fourth-order valence-electron chi connectivity index (χ4n) is 1.98. The third kappa shape index (κ3) is 6.86. The van der Waals surface area contributed by atoms with E-state index in [1.54, 1.807) is 24.4 Å². The van der Waals surface area contributed by atoms with Gasteiger partial charge in [0.05, 0.1) is 19.3 Å². The highest BCUT2D eigenvalue weighted by Crippen LogP contribution is 2.26. The molecule has 0 spiro atoms. The topological polar surface area (TPSA) is 90.8 Å². The first-order valence-electron chi connectivity index (χ1n) is 8.61. The average Bonchev–Trinajstić information content (AvgIpc) is 3.60. The monoisotopic (exact) mass is 374 g/mol. The van der Waals surface area contributed by atoms with Crippen LogP contribution in [0.2, 0.25) is 0 Å². The van der Waals surface area contributed by atoms with Crippen LogP contribution in [0.3, 0.4) is 0 Å². The second-order valence-electron chi connectivity index (χ2n) is 6.17. The average molecular weight is 374 g/mol. The van der Waals surface area contributed by atoms with Crippen LogP contribution >= 0.6 is 0 Å². The molecule has 0 amide bonds. The number of aromatic nitrogens is 2. The fraction of sp³-hybridized carbons (Fsp3) is 0.450. The van der Waals surface area contributed by atoms with E-state index in [4.69, 9.17) is 14.6 Å². The van der Waals surface area contributed by atoms with E-state index in [0.717, 1.165) is 31.2 Å². The van der Waals surface area contributed by atoms with Gasteiger partial charge in [-0.3, -0.25) is 0 Å². The van der Waals surface area contributed by atoms with Crippen LogP contribution in [-0.2, 0) is 11.3 Å². The van der Waals surface area contributed by atoms with Crippen LogP contribution in [0.25, 0.3) is 0 Å². The van der Waals surface area contributed by atoms with Crippen LogP contribution in [-0.4, -0.2) is 40.4 Å². The summed E-state index contributed by atoms with van der Waals surface area (Å²) in [6.07, 6.45) is 8.29. The Morgan fingerprint density at radius 2 is 1.56 bits per heavy atom. The van der Waals surface area contributed by atoms with Crippen molar-refractivity contribution in [3.8, 4) is 11.8 Å². The maximum absolute atomic E-state index is 11.1. The summed E-state index contributed by atoms with van der Waals surface area (Å²) >= 11 is 0. The van der Waals surface area contributed by atoms with Crippen LogP contribution in [0.5, 0.6) is 11.8 Å². The summed E-state index contributed by atoms with van der Waals surface area (Å²) in [7, 11) is 1.34. The number of carbonyl (C=O) groups is 1. The van der Waals surface area contributed by atoms with Gasteiger partial charge in [-0.05, 0) is 43.4 Å². The highest BCUT2D eigenvalue weighted by Gasteiger charge is 2.24. The largest absolute Gasteiger partial charge is 0.474 e. The second-order valence-corrected chi connectivity index (χ2v) is 6.17. The molecule has 0 atom stereocenters. The smallest absolute Gasteiger partial charge is 0.339 e. The zero-order chi connectivity index (χ0) is 18.4. The van der Waals surface area contributed by atoms with E-state index in [1.165, 1.54) is 13.3 Å². The number of hydrogen-bond acceptors (Lipinski definition) is 7. The summed E-state index contributed by atoms with van der Waals surface area (Å²) in [6.45, 7) is 0.0384. The fourth-order valence-corrected chi connectivity index (χ4v) is 1.98. The Balaban J connectivity index is 0.000000189. The van der Waals surface area contributed by atoms with Crippen molar-refractivity contribution in [2.24, 2.45) is 0 Å². The number of ether oxygens (including phenoxy) is 3. The van der Waals surface area contributed by atoms with E-state index < -0.39 is 0 Å². The van der Waals surface area contributed by atoms with Crippen molar-refractivity contribution in [2.75, 3.05) is 7.11 Å². The molecule has 27 heavy (non-hydrogen) atoms. The summed E-state index contributed by atoms with van der Waals surface area (Å²) in [5, 5.41) is 8.74. The third-order valence-corrected chi connectivity index (χ3v) is 3.76. The molecule has 0 aliphatic heterocycles. The van der Waals surface area contributed by atoms with Gasteiger partial charge in [0.2, 0.25) is 11.8 Å². The van der Waals surface area contributed by atoms with Crippen molar-refractivity contribution in [3.63, 3.8) is 0 Å². The van der Waals surface area contributed by atoms with E-state index in [-0.39, 0.29) is 20.0 Å². The number of rotatable bonds is 6. The number of pyridine rings is 2. The summed E-state index contributed by atoms with van der Waals surface area (Å²) in [5.74, 6) is 0.852. The molecule has 4 rings (SSSR count). The van der Waals surface area contributed by atoms with Gasteiger partial charge >= 0.3 is 5.97 Å². The minimum atomic E-state index is -0.379. The van der Waals surface area contributed by atoms with Crippen molar-refractivity contribution in [1.82, 2.24) is 9.97 Å². The zero-order valence-corrected chi connectivity index (χ0v) is 14.6. The van der Waals surface area contributed by atoms with Gasteiger partial charge in [0, 0.05) is 24.5 Å². The van der Waals surface area contributed by atoms with E-state index in [0.29, 0.717) is 29.5 Å². The van der Waals surface area contributed by atoms with E-state index >= 15 is 0 Å². The number of nitrogens with zero attached hydrogens (tertiary/aromatic N) is 2. The van der Waals surface area contributed by atoms with Gasteiger partial charge in [-0.15, -0.1) is 0 Å². The first-order chi connectivity index (χ1) is 12.7. The number of aliphatic hydroxyl groups excluding tert-OH is 1. The number of methoxy groups -OCH3 is 1. The quantitative estimate of drug-likeness (QED) is 0.777. The molecule has 7 nitrogen and oxygen atoms in total. The minimum absolute atomic E-state index is 0. The van der Waals surface area contributed by atoms with Crippen molar-refractivity contribution < 1.29 is 24.1 Å². The Labute approximate surface area is 159 Å². The minimum Gasteiger partial charge on any atom is -0.474 e. The lowest BCUT2D eigenvalue weighted by Gasteiger charge is -2.03. The Morgan fingerprint density at radius 3 is 1.93 bits per heavy atom. The molecule has 146 valence electrons. The zero-order valence-electron chi connectivity index (χ0n) is 14.6. The highest BCUT2D eigenvalue weighted by molar-refractivity contribution is 5.88. The normalized spacial score (nSPS) is 14.9. The van der Waals surface area contributed by atoms with Gasteiger partial charge in [0.25, 0.3) is 0 Å². The number of aliphatic hydroxyl groups is 1. The number of carbonyl (C=O) groups excluding carboxylic acids is 1. The summed E-state index contributed by atoms with van der Waals surface area (Å²) in [4.78, 5) is 19.1. The second kappa shape index (κ2) is 9.87. The predicted octanol–water partition coefficient (Wildman–Crippen LogP) is 3.16. The van der Waals surface area contributed by atoms with Crippen molar-refractivity contribution >= 4 is 5.97 Å². The molecule has 2 aromatic heterocycles. The molecule has 2 heterocycles. The molecular weight excluding hydrogens is 348 g/mol. The first-order valence-corrected chi connectivity index (χ1v) is 8.61. The Kier molecular flexibility index (Phi) is 7.55. The van der Waals surface area contributed by atoms with E-state index in [1.807, 2.05) is 6.07 Å². The number of hydrogen-bond donors (Lipinski definition) is 1. The van der Waals surface area contributed by atoms with Crippen molar-refractivity contribution in [3.05, 3.63) is 47.8 Å². The third-order valence-electron chi connectivity index (χ3n) is 3.76. The molecule has 2 saturated carbocycles. The van der Waals surface area contributed by atoms with Crippen LogP contribution in [0.1, 0.15) is 49.0 Å². The molecule has 0 bridgehead atoms. The van der Waals surface area contributed by atoms with Gasteiger partial charge in [-0.2, -0.15) is 0 Å². The summed E-state index contributed by atoms with van der Waals surface area (Å²) in [5.41, 5.74) is 1.26. The highest BCUT2D eigenvalue weighted by atomic mass is 16.5. The van der Waals surface area contributed by atoms with Gasteiger partial charge in [-0.1, -0.05) is 7.43 Å². The molecule has 2 aliphatic carbocycles. The van der Waals surface area contributed by atoms with E-state index in [9.17, 15) is 4.79 Å². The van der Waals surface area contributed by atoms with Gasteiger partial charge in [0.1, 0.15) is 12.2 Å². The molecule has 0 radical (unpaired) electrons.